The first-order valence-electron chi connectivity index (χ1n) is 6.37. The molecule has 0 radical (unpaired) electrons. The topological polar surface area (TPSA) is 70.5 Å². The van der Waals surface area contributed by atoms with Crippen LogP contribution in [0.2, 0.25) is 0 Å². The number of halogens is 3. The number of likely N-dealkylation sites (tertiary alicyclic amines) is 1. The summed E-state index contributed by atoms with van der Waals surface area (Å²) >= 11 is 0. The number of aliphatic carboxylic acids is 1. The standard InChI is InChI=1S/C13H13F3N2O3/c14-13(15,16)10-5-4-8(7-17-10)11(19)18-6-2-1-3-9(18)12(20)21/h4-5,7,9H,1-3,6H2,(H,20,21). The van der Waals surface area contributed by atoms with Crippen LogP contribution in [0.4, 0.5) is 13.2 Å². The summed E-state index contributed by atoms with van der Waals surface area (Å²) in [5, 5.41) is 9.10. The van der Waals surface area contributed by atoms with E-state index in [0.29, 0.717) is 25.3 Å². The van der Waals surface area contributed by atoms with E-state index in [0.717, 1.165) is 12.3 Å². The number of carboxylic acid groups (broad SMARTS) is 1. The number of pyridine rings is 1. The number of amides is 1. The second-order valence-corrected chi connectivity index (χ2v) is 4.78. The molecule has 21 heavy (non-hydrogen) atoms. The van der Waals surface area contributed by atoms with Gasteiger partial charge in [-0.05, 0) is 31.4 Å². The fourth-order valence-electron chi connectivity index (χ4n) is 2.29. The highest BCUT2D eigenvalue weighted by molar-refractivity contribution is 5.96. The summed E-state index contributed by atoms with van der Waals surface area (Å²) in [4.78, 5) is 27.7. The van der Waals surface area contributed by atoms with E-state index in [1.165, 1.54) is 4.90 Å². The third kappa shape index (κ3) is 3.32. The lowest BCUT2D eigenvalue weighted by Crippen LogP contribution is -2.48. The molecule has 1 aromatic heterocycles. The van der Waals surface area contributed by atoms with E-state index >= 15 is 0 Å². The van der Waals surface area contributed by atoms with Gasteiger partial charge in [0.2, 0.25) is 0 Å². The predicted octanol–water partition coefficient (Wildman–Crippen LogP) is 2.18. The van der Waals surface area contributed by atoms with Gasteiger partial charge in [-0.2, -0.15) is 13.2 Å². The Kier molecular flexibility index (Phi) is 4.15. The first-order valence-corrected chi connectivity index (χ1v) is 6.37. The van der Waals surface area contributed by atoms with Crippen LogP contribution in [-0.4, -0.2) is 39.5 Å². The molecule has 0 bridgehead atoms. The van der Waals surface area contributed by atoms with Crippen LogP contribution in [0.15, 0.2) is 18.3 Å². The van der Waals surface area contributed by atoms with Gasteiger partial charge in [-0.25, -0.2) is 4.79 Å². The van der Waals surface area contributed by atoms with Crippen LogP contribution in [-0.2, 0) is 11.0 Å². The summed E-state index contributed by atoms with van der Waals surface area (Å²) in [6.45, 7) is 0.275. The summed E-state index contributed by atoms with van der Waals surface area (Å²) in [6.07, 6.45) is -2.03. The van der Waals surface area contributed by atoms with E-state index in [2.05, 4.69) is 4.98 Å². The Labute approximate surface area is 118 Å². The molecule has 0 aliphatic carbocycles. The van der Waals surface area contributed by atoms with E-state index in [-0.39, 0.29) is 12.1 Å². The van der Waals surface area contributed by atoms with Gasteiger partial charge >= 0.3 is 12.1 Å². The largest absolute Gasteiger partial charge is 0.480 e. The predicted molar refractivity (Wildman–Crippen MR) is 65.6 cm³/mol. The van der Waals surface area contributed by atoms with E-state index in [9.17, 15) is 22.8 Å². The van der Waals surface area contributed by atoms with Crippen molar-refractivity contribution in [2.45, 2.75) is 31.5 Å². The third-order valence-corrected chi connectivity index (χ3v) is 3.35. The minimum absolute atomic E-state index is 0.0452. The molecule has 2 heterocycles. The van der Waals surface area contributed by atoms with Crippen molar-refractivity contribution in [2.24, 2.45) is 0 Å². The molecular weight excluding hydrogens is 289 g/mol. The highest BCUT2D eigenvalue weighted by Crippen LogP contribution is 2.27. The van der Waals surface area contributed by atoms with Crippen molar-refractivity contribution in [3.63, 3.8) is 0 Å². The Morgan fingerprint density at radius 1 is 1.29 bits per heavy atom. The second kappa shape index (κ2) is 5.71. The van der Waals surface area contributed by atoms with Crippen LogP contribution in [0.5, 0.6) is 0 Å². The SMILES string of the molecule is O=C(O)C1CCCCN1C(=O)c1ccc(C(F)(F)F)nc1. The molecule has 8 heteroatoms. The number of carbonyl (C=O) groups excluding carboxylic acids is 1. The first-order chi connectivity index (χ1) is 9.80. The van der Waals surface area contributed by atoms with E-state index in [1.54, 1.807) is 0 Å². The van der Waals surface area contributed by atoms with Crippen molar-refractivity contribution >= 4 is 11.9 Å². The average Bonchev–Trinajstić information content (AvgIpc) is 2.45. The highest BCUT2D eigenvalue weighted by Gasteiger charge is 2.34. The molecule has 1 fully saturated rings. The van der Waals surface area contributed by atoms with Gasteiger partial charge in [0.1, 0.15) is 11.7 Å². The Hall–Kier alpha value is -2.12. The molecular formula is C13H13F3N2O3. The number of carboxylic acids is 1. The minimum atomic E-state index is -4.57. The van der Waals surface area contributed by atoms with Crippen LogP contribution < -0.4 is 0 Å². The number of piperidine rings is 1. The van der Waals surface area contributed by atoms with Gasteiger partial charge in [0, 0.05) is 12.7 Å². The van der Waals surface area contributed by atoms with E-state index in [4.69, 9.17) is 5.11 Å². The quantitative estimate of drug-likeness (QED) is 0.909. The number of aromatic nitrogens is 1. The van der Waals surface area contributed by atoms with E-state index in [1.807, 2.05) is 0 Å². The van der Waals surface area contributed by atoms with Gasteiger partial charge in [0.05, 0.1) is 5.56 Å². The summed E-state index contributed by atoms with van der Waals surface area (Å²) in [5.41, 5.74) is -1.14. The third-order valence-electron chi connectivity index (χ3n) is 3.35. The van der Waals surface area contributed by atoms with Crippen LogP contribution in [0, 0.1) is 0 Å². The molecule has 1 unspecified atom stereocenters. The van der Waals surface area contributed by atoms with Crippen molar-refractivity contribution in [1.82, 2.24) is 9.88 Å². The fourth-order valence-corrected chi connectivity index (χ4v) is 2.29. The van der Waals surface area contributed by atoms with Crippen LogP contribution >= 0.6 is 0 Å². The van der Waals surface area contributed by atoms with Crippen molar-refractivity contribution in [3.8, 4) is 0 Å². The second-order valence-electron chi connectivity index (χ2n) is 4.78. The maximum Gasteiger partial charge on any atom is 0.433 e. The number of alkyl halides is 3. The summed E-state index contributed by atoms with van der Waals surface area (Å²) in [6, 6.07) is 0.798. The van der Waals surface area contributed by atoms with Crippen LogP contribution in [0.25, 0.3) is 0 Å². The maximum absolute atomic E-state index is 12.4. The number of hydrogen-bond acceptors (Lipinski definition) is 3. The van der Waals surface area contributed by atoms with Gasteiger partial charge in [0.15, 0.2) is 0 Å². The van der Waals surface area contributed by atoms with Crippen molar-refractivity contribution in [3.05, 3.63) is 29.6 Å². The summed E-state index contributed by atoms with van der Waals surface area (Å²) < 4.78 is 37.2. The Morgan fingerprint density at radius 2 is 2.00 bits per heavy atom. The Bertz CT molecular complexity index is 543. The summed E-state index contributed by atoms with van der Waals surface area (Å²) in [7, 11) is 0. The van der Waals surface area contributed by atoms with Gasteiger partial charge in [-0.1, -0.05) is 0 Å². The zero-order valence-electron chi connectivity index (χ0n) is 10.9. The zero-order chi connectivity index (χ0) is 15.6. The number of nitrogens with zero attached hydrogens (tertiary/aromatic N) is 2. The van der Waals surface area contributed by atoms with Crippen molar-refractivity contribution < 1.29 is 27.9 Å². The minimum Gasteiger partial charge on any atom is -0.480 e. The molecule has 1 aliphatic heterocycles. The first kappa shape index (κ1) is 15.3. The molecule has 5 nitrogen and oxygen atoms in total. The number of hydrogen-bond donors (Lipinski definition) is 1. The van der Waals surface area contributed by atoms with Gasteiger partial charge in [0.25, 0.3) is 5.91 Å². The molecule has 1 aliphatic rings. The normalized spacial score (nSPS) is 19.4. The Balaban J connectivity index is 2.20. The van der Waals surface area contributed by atoms with Gasteiger partial charge in [-0.15, -0.1) is 0 Å². The van der Waals surface area contributed by atoms with Gasteiger partial charge < -0.3 is 10.0 Å². The molecule has 1 N–H and O–H groups in total. The lowest BCUT2D eigenvalue weighted by molar-refractivity contribution is -0.143. The lowest BCUT2D eigenvalue weighted by atomic mass is 10.0. The lowest BCUT2D eigenvalue weighted by Gasteiger charge is -2.32. The number of rotatable bonds is 2. The van der Waals surface area contributed by atoms with E-state index < -0.39 is 29.8 Å². The summed E-state index contributed by atoms with van der Waals surface area (Å²) in [5.74, 6) is -1.72. The molecule has 0 spiro atoms. The molecule has 1 saturated heterocycles. The van der Waals surface area contributed by atoms with Crippen molar-refractivity contribution in [1.29, 1.82) is 0 Å². The van der Waals surface area contributed by atoms with Gasteiger partial charge in [-0.3, -0.25) is 9.78 Å². The molecule has 0 saturated carbocycles. The average molecular weight is 302 g/mol. The fraction of sp³-hybridized carbons (Fsp3) is 0.462. The molecule has 0 aromatic carbocycles. The molecule has 1 amide bonds. The molecule has 114 valence electrons. The highest BCUT2D eigenvalue weighted by atomic mass is 19.4. The van der Waals surface area contributed by atoms with Crippen LogP contribution in [0.3, 0.4) is 0 Å². The van der Waals surface area contributed by atoms with Crippen LogP contribution in [0.1, 0.15) is 35.3 Å². The molecule has 1 aromatic rings. The molecule has 2 rings (SSSR count). The molecule has 1 atom stereocenters. The smallest absolute Gasteiger partial charge is 0.433 e. The number of carbonyl (C=O) groups is 2. The maximum atomic E-state index is 12.4. The Morgan fingerprint density at radius 3 is 2.52 bits per heavy atom. The monoisotopic (exact) mass is 302 g/mol. The van der Waals surface area contributed by atoms with Crippen molar-refractivity contribution in [2.75, 3.05) is 6.54 Å². The zero-order valence-corrected chi connectivity index (χ0v) is 10.9.